The number of hydrogen-bond donors (Lipinski definition) is 1. The summed E-state index contributed by atoms with van der Waals surface area (Å²) in [5.74, 6) is 0.746. The van der Waals surface area contributed by atoms with E-state index < -0.39 is 9.73 Å². The lowest BCUT2D eigenvalue weighted by Crippen LogP contribution is -2.35. The van der Waals surface area contributed by atoms with E-state index in [1.807, 2.05) is 24.3 Å². The average molecular weight is 280 g/mol. The van der Waals surface area contributed by atoms with Crippen molar-refractivity contribution < 1.29 is 4.21 Å². The molecule has 1 aliphatic carbocycles. The third-order valence-electron chi connectivity index (χ3n) is 3.49. The van der Waals surface area contributed by atoms with Crippen molar-refractivity contribution >= 4 is 21.1 Å². The molecule has 0 aromatic heterocycles. The van der Waals surface area contributed by atoms with Crippen molar-refractivity contribution in [1.29, 1.82) is 0 Å². The Kier molecular flexibility index (Phi) is 3.90. The summed E-state index contributed by atoms with van der Waals surface area (Å²) >= 11 is 0. The Labute approximate surface area is 117 Å². The summed E-state index contributed by atoms with van der Waals surface area (Å²) in [5, 5.41) is 3.46. The molecule has 106 valence electrons. The summed E-state index contributed by atoms with van der Waals surface area (Å²) in [6.45, 7) is 5.61. The highest BCUT2D eigenvalue weighted by Gasteiger charge is 2.35. The Balaban J connectivity index is 2.03. The van der Waals surface area contributed by atoms with Gasteiger partial charge in [-0.05, 0) is 36.3 Å². The van der Waals surface area contributed by atoms with Crippen LogP contribution in [-0.2, 0) is 9.73 Å². The van der Waals surface area contributed by atoms with Gasteiger partial charge in [-0.3, -0.25) is 0 Å². The fourth-order valence-electron chi connectivity index (χ4n) is 2.84. The van der Waals surface area contributed by atoms with Crippen LogP contribution in [0.3, 0.4) is 0 Å². The standard InChI is InChI=1S/C15H24N2OS/c1-15(2)9-12(10-15)11-16-13-7-5-6-8-14(13)17-19(3,4)18/h5-8,12,16H,9-11H2,1-4H3. The summed E-state index contributed by atoms with van der Waals surface area (Å²) < 4.78 is 16.1. The van der Waals surface area contributed by atoms with E-state index in [9.17, 15) is 4.21 Å². The summed E-state index contributed by atoms with van der Waals surface area (Å²) in [6, 6.07) is 7.84. The van der Waals surface area contributed by atoms with Gasteiger partial charge in [-0.1, -0.05) is 26.0 Å². The van der Waals surface area contributed by atoms with Gasteiger partial charge in [0, 0.05) is 28.8 Å². The molecule has 1 saturated carbocycles. The first-order valence-electron chi connectivity index (χ1n) is 6.75. The van der Waals surface area contributed by atoms with Gasteiger partial charge >= 0.3 is 0 Å². The van der Waals surface area contributed by atoms with Crippen LogP contribution in [0.5, 0.6) is 0 Å². The molecule has 2 rings (SSSR count). The smallest absolute Gasteiger partial charge is 0.0961 e. The van der Waals surface area contributed by atoms with Crippen molar-refractivity contribution in [2.45, 2.75) is 26.7 Å². The number of anilines is 1. The van der Waals surface area contributed by atoms with Crippen molar-refractivity contribution in [1.82, 2.24) is 0 Å². The molecule has 0 heterocycles. The Morgan fingerprint density at radius 1 is 1.32 bits per heavy atom. The van der Waals surface area contributed by atoms with Gasteiger partial charge in [0.25, 0.3) is 0 Å². The van der Waals surface area contributed by atoms with Crippen LogP contribution in [0.25, 0.3) is 0 Å². The topological polar surface area (TPSA) is 41.5 Å². The van der Waals surface area contributed by atoms with Crippen molar-refractivity contribution in [2.75, 3.05) is 24.4 Å². The van der Waals surface area contributed by atoms with Crippen LogP contribution in [-0.4, -0.2) is 23.3 Å². The fourth-order valence-corrected chi connectivity index (χ4v) is 3.47. The van der Waals surface area contributed by atoms with Crippen LogP contribution in [0.15, 0.2) is 28.6 Å². The minimum Gasteiger partial charge on any atom is -0.383 e. The molecular formula is C15H24N2OS. The van der Waals surface area contributed by atoms with Crippen LogP contribution < -0.4 is 5.32 Å². The zero-order chi connectivity index (χ0) is 14.1. The number of benzene rings is 1. The molecule has 0 bridgehead atoms. The van der Waals surface area contributed by atoms with E-state index >= 15 is 0 Å². The third kappa shape index (κ3) is 4.23. The van der Waals surface area contributed by atoms with Crippen LogP contribution >= 0.6 is 0 Å². The highest BCUT2D eigenvalue weighted by Crippen LogP contribution is 2.44. The lowest BCUT2D eigenvalue weighted by atomic mass is 9.64. The minimum absolute atomic E-state index is 0.511. The van der Waals surface area contributed by atoms with E-state index in [4.69, 9.17) is 0 Å². The van der Waals surface area contributed by atoms with E-state index in [0.29, 0.717) is 5.41 Å². The molecule has 0 saturated heterocycles. The number of hydrogen-bond acceptors (Lipinski definition) is 3. The van der Waals surface area contributed by atoms with Crippen LogP contribution in [0.4, 0.5) is 11.4 Å². The van der Waals surface area contributed by atoms with E-state index in [1.54, 1.807) is 12.5 Å². The molecule has 4 heteroatoms. The van der Waals surface area contributed by atoms with E-state index in [-0.39, 0.29) is 0 Å². The second-order valence-corrected chi connectivity index (χ2v) is 9.15. The van der Waals surface area contributed by atoms with Gasteiger partial charge in [-0.2, -0.15) is 4.36 Å². The molecule has 19 heavy (non-hydrogen) atoms. The molecule has 0 aliphatic heterocycles. The Morgan fingerprint density at radius 3 is 2.53 bits per heavy atom. The molecule has 1 aromatic carbocycles. The molecule has 0 amide bonds. The Morgan fingerprint density at radius 2 is 1.95 bits per heavy atom. The van der Waals surface area contributed by atoms with Crippen molar-refractivity contribution in [3.05, 3.63) is 24.3 Å². The van der Waals surface area contributed by atoms with E-state index in [1.165, 1.54) is 12.8 Å². The summed E-state index contributed by atoms with van der Waals surface area (Å²) in [5.41, 5.74) is 2.30. The molecule has 1 fully saturated rings. The van der Waals surface area contributed by atoms with Gasteiger partial charge in [0.2, 0.25) is 0 Å². The van der Waals surface area contributed by atoms with Gasteiger partial charge in [0.1, 0.15) is 0 Å². The SMILES string of the molecule is CC1(C)CC(CNc2ccccc2N=S(C)(C)=O)C1. The second kappa shape index (κ2) is 5.16. The highest BCUT2D eigenvalue weighted by atomic mass is 32.2. The summed E-state index contributed by atoms with van der Waals surface area (Å²) in [7, 11) is -2.11. The summed E-state index contributed by atoms with van der Waals surface area (Å²) in [6.07, 6.45) is 5.88. The average Bonchev–Trinajstić information content (AvgIpc) is 2.23. The summed E-state index contributed by atoms with van der Waals surface area (Å²) in [4.78, 5) is 0. The lowest BCUT2D eigenvalue weighted by molar-refractivity contribution is 0.106. The van der Waals surface area contributed by atoms with Crippen molar-refractivity contribution in [3.63, 3.8) is 0 Å². The zero-order valence-corrected chi connectivity index (χ0v) is 13.1. The van der Waals surface area contributed by atoms with E-state index in [2.05, 4.69) is 23.5 Å². The monoisotopic (exact) mass is 280 g/mol. The van der Waals surface area contributed by atoms with Crippen molar-refractivity contribution in [3.8, 4) is 0 Å². The highest BCUT2D eigenvalue weighted by molar-refractivity contribution is 7.92. The van der Waals surface area contributed by atoms with Gasteiger partial charge in [-0.25, -0.2) is 4.21 Å². The molecule has 0 radical (unpaired) electrons. The maximum Gasteiger partial charge on any atom is 0.0961 e. The van der Waals surface area contributed by atoms with Gasteiger partial charge in [-0.15, -0.1) is 0 Å². The molecular weight excluding hydrogens is 256 g/mol. The second-order valence-electron chi connectivity index (χ2n) is 6.61. The molecule has 1 aromatic rings. The van der Waals surface area contributed by atoms with Crippen LogP contribution in [0, 0.1) is 11.3 Å². The minimum atomic E-state index is -2.11. The van der Waals surface area contributed by atoms with Crippen molar-refractivity contribution in [2.24, 2.45) is 15.7 Å². The largest absolute Gasteiger partial charge is 0.383 e. The van der Waals surface area contributed by atoms with Gasteiger partial charge in [0.15, 0.2) is 0 Å². The Hall–Kier alpha value is -1.03. The first kappa shape index (κ1) is 14.4. The zero-order valence-electron chi connectivity index (χ0n) is 12.3. The molecule has 0 spiro atoms. The molecule has 1 aliphatic rings. The van der Waals surface area contributed by atoms with Gasteiger partial charge < -0.3 is 5.32 Å². The Bertz CT molecular complexity index is 555. The first-order chi connectivity index (χ1) is 8.75. The quantitative estimate of drug-likeness (QED) is 0.909. The predicted molar refractivity (Wildman–Crippen MR) is 83.5 cm³/mol. The maximum absolute atomic E-state index is 11.8. The molecule has 3 nitrogen and oxygen atoms in total. The van der Waals surface area contributed by atoms with Crippen LogP contribution in [0.1, 0.15) is 26.7 Å². The fraction of sp³-hybridized carbons (Fsp3) is 0.600. The maximum atomic E-state index is 11.8. The predicted octanol–water partition coefficient (Wildman–Crippen LogP) is 3.89. The van der Waals surface area contributed by atoms with Crippen LogP contribution in [0.2, 0.25) is 0 Å². The molecule has 0 atom stereocenters. The number of para-hydroxylation sites is 1. The number of nitrogens with one attached hydrogen (secondary N) is 1. The lowest BCUT2D eigenvalue weighted by Gasteiger charge is -2.42. The number of nitrogens with zero attached hydrogens (tertiary/aromatic N) is 1. The van der Waals surface area contributed by atoms with E-state index in [0.717, 1.165) is 23.8 Å². The molecule has 0 unspecified atom stereocenters. The first-order valence-corrected chi connectivity index (χ1v) is 9.08. The third-order valence-corrected chi connectivity index (χ3v) is 4.12. The molecule has 1 N–H and O–H groups in total. The number of rotatable bonds is 4. The van der Waals surface area contributed by atoms with Gasteiger partial charge in [0.05, 0.1) is 11.4 Å². The normalized spacial score (nSPS) is 18.7.